The Morgan fingerprint density at radius 3 is 2.56 bits per heavy atom. The Balaban J connectivity index is 1.85. The molecule has 0 spiro atoms. The average molecular weight is 361 g/mol. The quantitative estimate of drug-likeness (QED) is 0.598. The van der Waals surface area contributed by atoms with Gasteiger partial charge in [0.2, 0.25) is 0 Å². The monoisotopic (exact) mass is 361 g/mol. The number of ether oxygens (including phenoxy) is 2. The molecule has 27 heavy (non-hydrogen) atoms. The van der Waals surface area contributed by atoms with E-state index < -0.39 is 5.97 Å². The van der Waals surface area contributed by atoms with E-state index in [0.29, 0.717) is 24.2 Å². The van der Waals surface area contributed by atoms with Crippen molar-refractivity contribution in [2.45, 2.75) is 19.6 Å². The number of carbonyl (C=O) groups excluding carboxylic acids is 1. The summed E-state index contributed by atoms with van der Waals surface area (Å²) < 4.78 is 12.2. The fourth-order valence-electron chi connectivity index (χ4n) is 2.61. The highest BCUT2D eigenvalue weighted by Crippen LogP contribution is 2.25. The molecule has 0 aliphatic heterocycles. The fraction of sp³-hybridized carbons (Fsp3) is 0.190. The van der Waals surface area contributed by atoms with Gasteiger partial charge in [-0.2, -0.15) is 10.4 Å². The molecule has 3 rings (SSSR count). The van der Waals surface area contributed by atoms with Gasteiger partial charge in [0.1, 0.15) is 23.6 Å². The number of aryl methyl sites for hydroxylation is 1. The molecular formula is C21H19N3O3. The summed E-state index contributed by atoms with van der Waals surface area (Å²) in [6.45, 7) is 0.594. The van der Waals surface area contributed by atoms with E-state index in [1.807, 2.05) is 54.6 Å². The number of aromatic nitrogens is 2. The number of rotatable bonds is 7. The highest BCUT2D eigenvalue weighted by molar-refractivity contribution is 5.96. The number of hydrogen-bond donors (Lipinski definition) is 0. The van der Waals surface area contributed by atoms with E-state index in [1.165, 1.54) is 0 Å². The minimum absolute atomic E-state index is 0.186. The van der Waals surface area contributed by atoms with Crippen molar-refractivity contribution in [1.29, 1.82) is 5.26 Å². The Morgan fingerprint density at radius 1 is 1.15 bits per heavy atom. The lowest BCUT2D eigenvalue weighted by molar-refractivity contribution is 0.0473. The maximum atomic E-state index is 12.7. The number of nitrogens with zero attached hydrogens (tertiary/aromatic N) is 3. The largest absolute Gasteiger partial charge is 0.497 e. The molecule has 0 aliphatic rings. The molecule has 1 aromatic heterocycles. The van der Waals surface area contributed by atoms with Gasteiger partial charge in [0, 0.05) is 11.8 Å². The van der Waals surface area contributed by atoms with Crippen LogP contribution in [0.5, 0.6) is 5.75 Å². The Hall–Kier alpha value is -3.59. The molecule has 6 nitrogen and oxygen atoms in total. The highest BCUT2D eigenvalue weighted by atomic mass is 16.5. The van der Waals surface area contributed by atoms with Crippen molar-refractivity contribution < 1.29 is 14.3 Å². The van der Waals surface area contributed by atoms with E-state index in [4.69, 9.17) is 14.7 Å². The van der Waals surface area contributed by atoms with Crippen LogP contribution in [0.15, 0.2) is 60.8 Å². The van der Waals surface area contributed by atoms with Crippen LogP contribution < -0.4 is 4.74 Å². The van der Waals surface area contributed by atoms with Crippen LogP contribution in [0.1, 0.15) is 22.3 Å². The number of benzene rings is 2. The van der Waals surface area contributed by atoms with E-state index >= 15 is 0 Å². The van der Waals surface area contributed by atoms with Crippen molar-refractivity contribution in [1.82, 2.24) is 9.78 Å². The van der Waals surface area contributed by atoms with Crippen molar-refractivity contribution in [3.8, 4) is 23.1 Å². The minimum Gasteiger partial charge on any atom is -0.497 e. The van der Waals surface area contributed by atoms with Gasteiger partial charge in [-0.1, -0.05) is 30.3 Å². The lowest BCUT2D eigenvalue weighted by atomic mass is 10.1. The van der Waals surface area contributed by atoms with Crippen LogP contribution in [0.25, 0.3) is 11.3 Å². The van der Waals surface area contributed by atoms with Crippen LogP contribution >= 0.6 is 0 Å². The van der Waals surface area contributed by atoms with Crippen molar-refractivity contribution in [3.63, 3.8) is 0 Å². The molecule has 0 fully saturated rings. The second-order valence-electron chi connectivity index (χ2n) is 5.85. The van der Waals surface area contributed by atoms with Crippen molar-refractivity contribution >= 4 is 5.97 Å². The van der Waals surface area contributed by atoms with Gasteiger partial charge < -0.3 is 9.47 Å². The summed E-state index contributed by atoms with van der Waals surface area (Å²) in [6, 6.07) is 18.9. The third-order valence-electron chi connectivity index (χ3n) is 4.01. The lowest BCUT2D eigenvalue weighted by Crippen LogP contribution is -2.06. The van der Waals surface area contributed by atoms with Gasteiger partial charge in [0.25, 0.3) is 0 Å². The number of methoxy groups -OCH3 is 1. The van der Waals surface area contributed by atoms with Gasteiger partial charge in [-0.15, -0.1) is 0 Å². The maximum Gasteiger partial charge on any atom is 0.342 e. The van der Waals surface area contributed by atoms with E-state index in [1.54, 1.807) is 18.0 Å². The summed E-state index contributed by atoms with van der Waals surface area (Å²) in [6.07, 6.45) is 1.94. The first-order valence-electron chi connectivity index (χ1n) is 8.51. The van der Waals surface area contributed by atoms with Gasteiger partial charge in [-0.05, 0) is 29.8 Å². The smallest absolute Gasteiger partial charge is 0.342 e. The second-order valence-corrected chi connectivity index (χ2v) is 5.85. The van der Waals surface area contributed by atoms with Crippen molar-refractivity contribution in [2.75, 3.05) is 7.11 Å². The molecule has 0 radical (unpaired) electrons. The summed E-state index contributed by atoms with van der Waals surface area (Å²) in [5, 5.41) is 13.3. The molecule has 0 bridgehead atoms. The number of hydrogen-bond acceptors (Lipinski definition) is 5. The van der Waals surface area contributed by atoms with E-state index in [9.17, 15) is 4.79 Å². The second kappa shape index (κ2) is 8.68. The van der Waals surface area contributed by atoms with Crippen molar-refractivity contribution in [2.24, 2.45) is 0 Å². The standard InChI is InChI=1S/C21H19N3O3/c1-26-18-10-8-17(9-11-18)20-19(14-24(23-20)13-5-12-22)21(25)27-15-16-6-3-2-4-7-16/h2-4,6-11,14H,5,13,15H2,1H3. The lowest BCUT2D eigenvalue weighted by Gasteiger charge is -2.06. The number of carbonyl (C=O) groups is 1. The Labute approximate surface area is 157 Å². The van der Waals surface area contributed by atoms with Crippen LogP contribution in [0.4, 0.5) is 0 Å². The van der Waals surface area contributed by atoms with Crippen LogP contribution in [0.3, 0.4) is 0 Å². The molecule has 3 aromatic rings. The number of esters is 1. The summed E-state index contributed by atoms with van der Waals surface area (Å²) in [7, 11) is 1.60. The molecular weight excluding hydrogens is 342 g/mol. The molecule has 2 aromatic carbocycles. The SMILES string of the molecule is COc1ccc(-c2nn(CCC#N)cc2C(=O)OCc2ccccc2)cc1. The molecule has 136 valence electrons. The first-order valence-corrected chi connectivity index (χ1v) is 8.51. The zero-order valence-corrected chi connectivity index (χ0v) is 15.0. The molecule has 0 saturated heterocycles. The van der Waals surface area contributed by atoms with Crippen LogP contribution in [-0.4, -0.2) is 22.9 Å². The molecule has 0 atom stereocenters. The molecule has 0 amide bonds. The Kier molecular flexibility index (Phi) is 5.85. The number of nitriles is 1. The zero-order chi connectivity index (χ0) is 19.1. The van der Waals surface area contributed by atoms with Crippen LogP contribution in [0, 0.1) is 11.3 Å². The summed E-state index contributed by atoms with van der Waals surface area (Å²) in [5.41, 5.74) is 2.58. The van der Waals surface area contributed by atoms with Gasteiger partial charge in [-0.3, -0.25) is 4.68 Å². The van der Waals surface area contributed by atoms with Crippen LogP contribution in [-0.2, 0) is 17.9 Å². The summed E-state index contributed by atoms with van der Waals surface area (Å²) >= 11 is 0. The topological polar surface area (TPSA) is 77.1 Å². The minimum atomic E-state index is -0.451. The van der Waals surface area contributed by atoms with E-state index in [0.717, 1.165) is 16.9 Å². The molecule has 0 aliphatic carbocycles. The molecule has 0 unspecified atom stereocenters. The average Bonchev–Trinajstić information content (AvgIpc) is 3.15. The Bertz CT molecular complexity index is 941. The first kappa shape index (κ1) is 18.2. The molecule has 1 heterocycles. The normalized spacial score (nSPS) is 10.2. The third kappa shape index (κ3) is 4.53. The van der Waals surface area contributed by atoms with Gasteiger partial charge in [0.05, 0.1) is 26.1 Å². The maximum absolute atomic E-state index is 12.7. The first-order chi connectivity index (χ1) is 13.2. The summed E-state index contributed by atoms with van der Waals surface area (Å²) in [5.74, 6) is 0.267. The zero-order valence-electron chi connectivity index (χ0n) is 15.0. The van der Waals surface area contributed by atoms with E-state index in [-0.39, 0.29) is 6.61 Å². The fourth-order valence-corrected chi connectivity index (χ4v) is 2.61. The third-order valence-corrected chi connectivity index (χ3v) is 4.01. The van der Waals surface area contributed by atoms with E-state index in [2.05, 4.69) is 11.2 Å². The van der Waals surface area contributed by atoms with Crippen molar-refractivity contribution in [3.05, 3.63) is 71.9 Å². The molecule has 0 saturated carbocycles. The predicted octanol–water partition coefficient (Wildman–Crippen LogP) is 3.83. The van der Waals surface area contributed by atoms with Gasteiger partial charge in [0.15, 0.2) is 0 Å². The van der Waals surface area contributed by atoms with Crippen LogP contribution in [0.2, 0.25) is 0 Å². The molecule has 0 N–H and O–H groups in total. The summed E-state index contributed by atoms with van der Waals surface area (Å²) in [4.78, 5) is 12.7. The Morgan fingerprint density at radius 2 is 1.89 bits per heavy atom. The predicted molar refractivity (Wildman–Crippen MR) is 100 cm³/mol. The van der Waals surface area contributed by atoms with Gasteiger partial charge in [-0.25, -0.2) is 4.79 Å². The molecule has 6 heteroatoms. The highest BCUT2D eigenvalue weighted by Gasteiger charge is 2.19. The van der Waals surface area contributed by atoms with Gasteiger partial charge >= 0.3 is 5.97 Å².